The average molecular weight is 371 g/mol. The van der Waals surface area contributed by atoms with Crippen LogP contribution in [0.4, 0.5) is 0 Å². The van der Waals surface area contributed by atoms with Crippen molar-refractivity contribution >= 4 is 17.0 Å². The molecule has 0 bridgehead atoms. The van der Waals surface area contributed by atoms with Gasteiger partial charge in [-0.05, 0) is 30.7 Å². The number of carbonyl (C=O) groups is 1. The van der Waals surface area contributed by atoms with E-state index >= 15 is 0 Å². The number of phenols is 1. The van der Waals surface area contributed by atoms with Crippen molar-refractivity contribution in [3.63, 3.8) is 0 Å². The normalized spacial score (nSPS) is 10.9. The van der Waals surface area contributed by atoms with Crippen molar-refractivity contribution in [3.8, 4) is 17.2 Å². The minimum atomic E-state index is -0.286. The van der Waals surface area contributed by atoms with E-state index in [0.717, 1.165) is 11.0 Å². The lowest BCUT2D eigenvalue weighted by molar-refractivity contribution is -0.145. The van der Waals surface area contributed by atoms with Crippen LogP contribution in [-0.2, 0) is 14.3 Å². The molecule has 0 saturated heterocycles. The number of fused-ring (bicyclic) bond motifs is 1. The molecule has 3 rings (SSSR count). The van der Waals surface area contributed by atoms with Crippen LogP contribution in [0.25, 0.3) is 16.7 Å². The second-order valence-corrected chi connectivity index (χ2v) is 5.79. The van der Waals surface area contributed by atoms with Crippen LogP contribution in [0.5, 0.6) is 11.5 Å². The smallest absolute Gasteiger partial charge is 0.305 e. The fourth-order valence-electron chi connectivity index (χ4n) is 2.45. The van der Waals surface area contributed by atoms with Crippen molar-refractivity contribution in [2.75, 3.05) is 26.9 Å². The molecule has 0 fully saturated rings. The molecule has 27 heavy (non-hydrogen) atoms. The summed E-state index contributed by atoms with van der Waals surface area (Å²) < 4.78 is 15.3. The maximum absolute atomic E-state index is 11.5. The van der Waals surface area contributed by atoms with E-state index in [0.29, 0.717) is 31.1 Å². The third-order valence-electron chi connectivity index (χ3n) is 3.79. The van der Waals surface area contributed by atoms with Gasteiger partial charge >= 0.3 is 5.97 Å². The molecule has 0 atom stereocenters. The van der Waals surface area contributed by atoms with E-state index in [4.69, 9.17) is 14.2 Å². The number of aromatic hydroxyl groups is 1. The van der Waals surface area contributed by atoms with Gasteiger partial charge in [-0.25, -0.2) is 0 Å². The van der Waals surface area contributed by atoms with Gasteiger partial charge in [-0.2, -0.15) is 0 Å². The fourth-order valence-corrected chi connectivity index (χ4v) is 2.45. The summed E-state index contributed by atoms with van der Waals surface area (Å²) in [6.45, 7) is 0.971. The zero-order valence-corrected chi connectivity index (χ0v) is 15.0. The molecule has 1 heterocycles. The molecule has 8 heteroatoms. The molecular weight excluding hydrogens is 350 g/mol. The molecule has 0 unspecified atom stereocenters. The summed E-state index contributed by atoms with van der Waals surface area (Å²) in [6.07, 6.45) is 0.776. The first kappa shape index (κ1) is 18.7. The van der Waals surface area contributed by atoms with Crippen LogP contribution in [0.15, 0.2) is 42.5 Å². The highest BCUT2D eigenvalue weighted by atomic mass is 16.6. The van der Waals surface area contributed by atoms with Gasteiger partial charge in [-0.15, -0.1) is 15.0 Å². The summed E-state index contributed by atoms with van der Waals surface area (Å²) in [6, 6.07) is 12.4. The van der Waals surface area contributed by atoms with Gasteiger partial charge in [0.15, 0.2) is 0 Å². The minimum Gasteiger partial charge on any atom is -0.505 e. The Morgan fingerprint density at radius 1 is 1.07 bits per heavy atom. The molecule has 0 spiro atoms. The van der Waals surface area contributed by atoms with Gasteiger partial charge in [-0.1, -0.05) is 12.1 Å². The second kappa shape index (κ2) is 9.00. The van der Waals surface area contributed by atoms with Crippen LogP contribution in [0.3, 0.4) is 0 Å². The average Bonchev–Trinajstić information content (AvgIpc) is 3.09. The number of methoxy groups -OCH3 is 1. The molecule has 0 aliphatic carbocycles. The van der Waals surface area contributed by atoms with E-state index < -0.39 is 0 Å². The van der Waals surface area contributed by atoms with E-state index in [1.54, 1.807) is 19.2 Å². The maximum Gasteiger partial charge on any atom is 0.305 e. The quantitative estimate of drug-likeness (QED) is 0.456. The van der Waals surface area contributed by atoms with Crippen molar-refractivity contribution in [3.05, 3.63) is 42.5 Å². The molecule has 0 aliphatic rings. The number of rotatable bonds is 9. The standard InChI is InChI=1S/C19H21N3O5/c1-25-11-12-27-19(24)7-4-10-26-14-8-9-17(18(23)13-14)22-20-15-5-2-3-6-16(15)21-22/h2-3,5-6,8-9,13,23H,4,7,10-12H2,1H3. The highest BCUT2D eigenvalue weighted by molar-refractivity contribution is 5.73. The molecule has 0 saturated carbocycles. The summed E-state index contributed by atoms with van der Waals surface area (Å²) in [7, 11) is 1.55. The van der Waals surface area contributed by atoms with Gasteiger partial charge in [0.05, 0.1) is 13.2 Å². The number of nitrogens with zero attached hydrogens (tertiary/aromatic N) is 3. The zero-order chi connectivity index (χ0) is 19.1. The molecule has 8 nitrogen and oxygen atoms in total. The SMILES string of the molecule is COCCOC(=O)CCCOc1ccc(-n2nc3ccccc3n2)c(O)c1. The Morgan fingerprint density at radius 2 is 1.81 bits per heavy atom. The molecule has 3 aromatic rings. The molecule has 1 N–H and O–H groups in total. The summed E-state index contributed by atoms with van der Waals surface area (Å²) in [5.41, 5.74) is 1.95. The Kier molecular flexibility index (Phi) is 6.22. The first-order valence-electron chi connectivity index (χ1n) is 8.60. The van der Waals surface area contributed by atoms with Crippen molar-refractivity contribution in [2.24, 2.45) is 0 Å². The van der Waals surface area contributed by atoms with Gasteiger partial charge in [0.25, 0.3) is 0 Å². The molecule has 0 amide bonds. The Labute approximate surface area is 156 Å². The fraction of sp³-hybridized carbons (Fsp3) is 0.316. The molecule has 1 aromatic heterocycles. The predicted molar refractivity (Wildman–Crippen MR) is 98.1 cm³/mol. The molecule has 0 aliphatic heterocycles. The maximum atomic E-state index is 11.5. The molecule has 0 radical (unpaired) electrons. The van der Waals surface area contributed by atoms with E-state index in [1.165, 1.54) is 10.9 Å². The van der Waals surface area contributed by atoms with Gasteiger partial charge in [0.1, 0.15) is 34.8 Å². The van der Waals surface area contributed by atoms with Crippen LogP contribution in [0, 0.1) is 0 Å². The number of carbonyl (C=O) groups excluding carboxylic acids is 1. The number of benzene rings is 2. The second-order valence-electron chi connectivity index (χ2n) is 5.79. The van der Waals surface area contributed by atoms with Crippen LogP contribution >= 0.6 is 0 Å². The number of hydrogen-bond donors (Lipinski definition) is 1. The Hall–Kier alpha value is -3.13. The van der Waals surface area contributed by atoms with Crippen molar-refractivity contribution < 1.29 is 24.1 Å². The third kappa shape index (κ3) is 4.95. The van der Waals surface area contributed by atoms with Crippen molar-refractivity contribution in [2.45, 2.75) is 12.8 Å². The van der Waals surface area contributed by atoms with Crippen LogP contribution in [0.1, 0.15) is 12.8 Å². The number of phenolic OH excluding ortho intramolecular Hbond substituents is 1. The van der Waals surface area contributed by atoms with Crippen LogP contribution in [-0.4, -0.2) is 53.0 Å². The topological polar surface area (TPSA) is 95.7 Å². The largest absolute Gasteiger partial charge is 0.505 e. The predicted octanol–water partition coefficient (Wildman–Crippen LogP) is 2.47. The van der Waals surface area contributed by atoms with Crippen LogP contribution < -0.4 is 4.74 Å². The number of esters is 1. The molecule has 142 valence electrons. The summed E-state index contributed by atoms with van der Waals surface area (Å²) in [5.74, 6) is 0.221. The van der Waals surface area contributed by atoms with Crippen LogP contribution in [0.2, 0.25) is 0 Å². The number of aromatic nitrogens is 3. The Balaban J connectivity index is 1.53. The third-order valence-corrected chi connectivity index (χ3v) is 3.79. The summed E-state index contributed by atoms with van der Waals surface area (Å²) in [4.78, 5) is 12.9. The highest BCUT2D eigenvalue weighted by Crippen LogP contribution is 2.26. The first-order chi connectivity index (χ1) is 13.2. The molecule has 2 aromatic carbocycles. The zero-order valence-electron chi connectivity index (χ0n) is 15.0. The van der Waals surface area contributed by atoms with E-state index in [2.05, 4.69) is 10.2 Å². The Bertz CT molecular complexity index is 876. The molecular formula is C19H21N3O5. The summed E-state index contributed by atoms with van der Waals surface area (Å²) >= 11 is 0. The number of ether oxygens (including phenoxy) is 3. The minimum absolute atomic E-state index is 0.00628. The van der Waals surface area contributed by atoms with E-state index in [1.807, 2.05) is 24.3 Å². The van der Waals surface area contributed by atoms with Crippen molar-refractivity contribution in [1.82, 2.24) is 15.0 Å². The lowest BCUT2D eigenvalue weighted by Crippen LogP contribution is -2.10. The van der Waals surface area contributed by atoms with Gasteiger partial charge in [0.2, 0.25) is 0 Å². The first-order valence-corrected chi connectivity index (χ1v) is 8.60. The lowest BCUT2D eigenvalue weighted by Gasteiger charge is -2.09. The monoisotopic (exact) mass is 371 g/mol. The highest BCUT2D eigenvalue weighted by Gasteiger charge is 2.10. The van der Waals surface area contributed by atoms with Gasteiger partial charge < -0.3 is 19.3 Å². The van der Waals surface area contributed by atoms with E-state index in [9.17, 15) is 9.90 Å². The lowest BCUT2D eigenvalue weighted by atomic mass is 10.3. The Morgan fingerprint density at radius 3 is 2.48 bits per heavy atom. The van der Waals surface area contributed by atoms with Gasteiger partial charge in [-0.3, -0.25) is 4.79 Å². The summed E-state index contributed by atoms with van der Waals surface area (Å²) in [5, 5.41) is 19.0. The van der Waals surface area contributed by atoms with E-state index in [-0.39, 0.29) is 24.7 Å². The van der Waals surface area contributed by atoms with Crippen molar-refractivity contribution in [1.29, 1.82) is 0 Å². The number of hydrogen-bond acceptors (Lipinski definition) is 7. The van der Waals surface area contributed by atoms with Gasteiger partial charge in [0, 0.05) is 19.6 Å².